The van der Waals surface area contributed by atoms with Gasteiger partial charge in [0.05, 0.1) is 11.9 Å². The lowest BCUT2D eigenvalue weighted by atomic mass is 10.4. The molecule has 60 valence electrons. The topological polar surface area (TPSA) is 66.7 Å². The van der Waals surface area contributed by atoms with Gasteiger partial charge in [0.1, 0.15) is 5.82 Å². The van der Waals surface area contributed by atoms with Gasteiger partial charge in [0, 0.05) is 6.54 Å². The van der Waals surface area contributed by atoms with Crippen molar-refractivity contribution in [3.05, 3.63) is 6.20 Å². The predicted molar refractivity (Wildman–Crippen MR) is 44.2 cm³/mol. The van der Waals surface area contributed by atoms with Gasteiger partial charge in [-0.3, -0.25) is 5.10 Å². The highest BCUT2D eigenvalue weighted by atomic mass is 15.2. The number of nitrogens with zero attached hydrogens (tertiary/aromatic N) is 1. The molecule has 1 saturated carbocycles. The molecule has 4 nitrogen and oxygen atoms in total. The third-order valence-electron chi connectivity index (χ3n) is 1.95. The second-order valence-corrected chi connectivity index (χ2v) is 3.02. The van der Waals surface area contributed by atoms with Crippen molar-refractivity contribution >= 4 is 11.5 Å². The normalized spacial score (nSPS) is 16.7. The second kappa shape index (κ2) is 2.45. The summed E-state index contributed by atoms with van der Waals surface area (Å²) >= 11 is 0. The van der Waals surface area contributed by atoms with Gasteiger partial charge in [-0.05, 0) is 18.8 Å². The van der Waals surface area contributed by atoms with Crippen molar-refractivity contribution in [2.45, 2.75) is 12.8 Å². The van der Waals surface area contributed by atoms with E-state index in [2.05, 4.69) is 15.5 Å². The van der Waals surface area contributed by atoms with Crippen LogP contribution in [0.3, 0.4) is 0 Å². The average Bonchev–Trinajstić information content (AvgIpc) is 2.73. The van der Waals surface area contributed by atoms with E-state index in [1.165, 1.54) is 12.8 Å². The van der Waals surface area contributed by atoms with Crippen LogP contribution < -0.4 is 11.1 Å². The van der Waals surface area contributed by atoms with E-state index in [0.717, 1.165) is 18.2 Å². The van der Waals surface area contributed by atoms with Crippen LogP contribution in [0.5, 0.6) is 0 Å². The summed E-state index contributed by atoms with van der Waals surface area (Å²) < 4.78 is 0. The molecular weight excluding hydrogens is 140 g/mol. The molecule has 1 aliphatic rings. The molecular formula is C7H12N4. The van der Waals surface area contributed by atoms with Gasteiger partial charge in [-0.2, -0.15) is 5.10 Å². The Balaban J connectivity index is 1.89. The van der Waals surface area contributed by atoms with Crippen LogP contribution >= 0.6 is 0 Å². The van der Waals surface area contributed by atoms with Gasteiger partial charge in [0.25, 0.3) is 0 Å². The number of anilines is 2. The van der Waals surface area contributed by atoms with Crippen LogP contribution in [0.25, 0.3) is 0 Å². The van der Waals surface area contributed by atoms with Gasteiger partial charge in [-0.25, -0.2) is 0 Å². The number of hydrogen-bond acceptors (Lipinski definition) is 3. The summed E-state index contributed by atoms with van der Waals surface area (Å²) in [6.45, 7) is 1.03. The van der Waals surface area contributed by atoms with E-state index in [-0.39, 0.29) is 0 Å². The van der Waals surface area contributed by atoms with Gasteiger partial charge in [0.2, 0.25) is 0 Å². The molecule has 0 unspecified atom stereocenters. The van der Waals surface area contributed by atoms with E-state index >= 15 is 0 Å². The van der Waals surface area contributed by atoms with Crippen LogP contribution in [0.1, 0.15) is 12.8 Å². The van der Waals surface area contributed by atoms with Crippen molar-refractivity contribution in [1.29, 1.82) is 0 Å². The molecule has 0 radical (unpaired) electrons. The molecule has 1 aliphatic carbocycles. The van der Waals surface area contributed by atoms with Crippen LogP contribution in [0, 0.1) is 5.92 Å². The van der Waals surface area contributed by atoms with Gasteiger partial charge in [-0.15, -0.1) is 0 Å². The summed E-state index contributed by atoms with van der Waals surface area (Å²) in [6, 6.07) is 0. The van der Waals surface area contributed by atoms with Crippen LogP contribution in [-0.4, -0.2) is 16.7 Å². The third-order valence-corrected chi connectivity index (χ3v) is 1.95. The number of nitrogens with one attached hydrogen (secondary N) is 2. The zero-order valence-electron chi connectivity index (χ0n) is 6.30. The van der Waals surface area contributed by atoms with Crippen molar-refractivity contribution in [2.75, 3.05) is 17.6 Å². The first kappa shape index (κ1) is 6.52. The maximum Gasteiger partial charge on any atom is 0.142 e. The van der Waals surface area contributed by atoms with Gasteiger partial charge in [-0.1, -0.05) is 0 Å². The van der Waals surface area contributed by atoms with Crippen LogP contribution in [0.2, 0.25) is 0 Å². The second-order valence-electron chi connectivity index (χ2n) is 3.02. The molecule has 1 aromatic heterocycles. The third kappa shape index (κ3) is 1.45. The molecule has 1 aromatic rings. The van der Waals surface area contributed by atoms with Gasteiger partial charge in [0.15, 0.2) is 0 Å². The SMILES string of the molecule is Nc1[nH]ncc1NCC1CC1. The quantitative estimate of drug-likeness (QED) is 0.600. The fourth-order valence-electron chi connectivity index (χ4n) is 1.01. The minimum atomic E-state index is 0.630. The Labute approximate surface area is 65.2 Å². The van der Waals surface area contributed by atoms with Gasteiger partial charge >= 0.3 is 0 Å². The van der Waals surface area contributed by atoms with Crippen molar-refractivity contribution in [3.63, 3.8) is 0 Å². The zero-order valence-corrected chi connectivity index (χ0v) is 6.30. The first-order chi connectivity index (χ1) is 5.36. The minimum Gasteiger partial charge on any atom is -0.382 e. The summed E-state index contributed by atoms with van der Waals surface area (Å²) in [5.41, 5.74) is 6.49. The molecule has 4 N–H and O–H groups in total. The molecule has 0 saturated heterocycles. The number of nitrogens with two attached hydrogens (primary N) is 1. The van der Waals surface area contributed by atoms with Crippen LogP contribution in [0.15, 0.2) is 6.20 Å². The molecule has 0 aliphatic heterocycles. The van der Waals surface area contributed by atoms with E-state index in [0.29, 0.717) is 5.82 Å². The molecule has 0 amide bonds. The van der Waals surface area contributed by atoms with Crippen molar-refractivity contribution in [1.82, 2.24) is 10.2 Å². The van der Waals surface area contributed by atoms with E-state index in [1.54, 1.807) is 6.20 Å². The van der Waals surface area contributed by atoms with Crippen molar-refractivity contribution in [3.8, 4) is 0 Å². The number of hydrogen-bond donors (Lipinski definition) is 3. The lowest BCUT2D eigenvalue weighted by Crippen LogP contribution is -2.04. The summed E-state index contributed by atoms with van der Waals surface area (Å²) in [5.74, 6) is 1.50. The maximum atomic E-state index is 5.57. The summed E-state index contributed by atoms with van der Waals surface area (Å²) in [4.78, 5) is 0. The lowest BCUT2D eigenvalue weighted by molar-refractivity contribution is 0.890. The first-order valence-electron chi connectivity index (χ1n) is 3.89. The highest BCUT2D eigenvalue weighted by Crippen LogP contribution is 2.29. The Kier molecular flexibility index (Phi) is 1.45. The highest BCUT2D eigenvalue weighted by molar-refractivity contribution is 5.59. The Morgan fingerprint density at radius 1 is 1.73 bits per heavy atom. The molecule has 11 heavy (non-hydrogen) atoms. The Hall–Kier alpha value is -1.19. The standard InChI is InChI=1S/C7H12N4/c8-7-6(4-10-11-7)9-3-5-1-2-5/h4-5,9H,1-3H2,(H3,8,10,11). The summed E-state index contributed by atoms with van der Waals surface area (Å²) in [6.07, 6.45) is 4.42. The Morgan fingerprint density at radius 2 is 2.55 bits per heavy atom. The number of aromatic nitrogens is 2. The molecule has 0 aromatic carbocycles. The molecule has 2 rings (SSSR count). The summed E-state index contributed by atoms with van der Waals surface area (Å²) in [7, 11) is 0. The van der Waals surface area contributed by atoms with E-state index in [4.69, 9.17) is 5.73 Å². The van der Waals surface area contributed by atoms with Gasteiger partial charge < -0.3 is 11.1 Å². The minimum absolute atomic E-state index is 0.630. The maximum absolute atomic E-state index is 5.57. The fourth-order valence-corrected chi connectivity index (χ4v) is 1.01. The van der Waals surface area contributed by atoms with E-state index < -0.39 is 0 Å². The van der Waals surface area contributed by atoms with Crippen molar-refractivity contribution < 1.29 is 0 Å². The highest BCUT2D eigenvalue weighted by Gasteiger charge is 2.20. The average molecular weight is 152 g/mol. The number of rotatable bonds is 3. The molecule has 1 heterocycles. The molecule has 0 spiro atoms. The number of H-pyrrole nitrogens is 1. The largest absolute Gasteiger partial charge is 0.382 e. The smallest absolute Gasteiger partial charge is 0.142 e. The molecule has 0 atom stereocenters. The molecule has 0 bridgehead atoms. The van der Waals surface area contributed by atoms with Crippen LogP contribution in [-0.2, 0) is 0 Å². The number of aromatic amines is 1. The fraction of sp³-hybridized carbons (Fsp3) is 0.571. The Morgan fingerprint density at radius 3 is 3.09 bits per heavy atom. The van der Waals surface area contributed by atoms with Crippen molar-refractivity contribution in [2.24, 2.45) is 5.92 Å². The predicted octanol–water partition coefficient (Wildman–Crippen LogP) is 0.814. The molecule has 1 fully saturated rings. The zero-order chi connectivity index (χ0) is 7.68. The number of nitrogen functional groups attached to an aromatic ring is 1. The Bertz CT molecular complexity index is 238. The van der Waals surface area contributed by atoms with Crippen LogP contribution in [0.4, 0.5) is 11.5 Å². The monoisotopic (exact) mass is 152 g/mol. The molecule has 4 heteroatoms. The first-order valence-corrected chi connectivity index (χ1v) is 3.89. The summed E-state index contributed by atoms with van der Waals surface area (Å²) in [5, 5.41) is 9.72. The lowest BCUT2D eigenvalue weighted by Gasteiger charge is -2.01. The van der Waals surface area contributed by atoms with E-state index in [1.807, 2.05) is 0 Å². The van der Waals surface area contributed by atoms with E-state index in [9.17, 15) is 0 Å².